The van der Waals surface area contributed by atoms with Crippen LogP contribution in [0, 0.1) is 11.3 Å². The third kappa shape index (κ3) is 7.26. The monoisotopic (exact) mass is 626 g/mol. The normalized spacial score (nSPS) is 15.0. The first kappa shape index (κ1) is 33.0. The van der Waals surface area contributed by atoms with Crippen molar-refractivity contribution in [1.82, 2.24) is 19.7 Å². The van der Waals surface area contributed by atoms with Crippen LogP contribution in [0.3, 0.4) is 0 Å². The molecule has 238 valence electrons. The number of aryl methyl sites for hydroxylation is 1. The van der Waals surface area contributed by atoms with E-state index in [4.69, 9.17) is 9.47 Å². The van der Waals surface area contributed by atoms with Crippen LogP contribution in [0.1, 0.15) is 56.8 Å². The molecule has 1 aliphatic rings. The molecule has 0 aliphatic carbocycles. The number of nitriles is 1. The fourth-order valence-corrected chi connectivity index (χ4v) is 5.01. The van der Waals surface area contributed by atoms with Gasteiger partial charge in [0.2, 0.25) is 5.95 Å². The number of methoxy groups -OCH3 is 1. The predicted molar refractivity (Wildman–Crippen MR) is 157 cm³/mol. The number of benzene rings is 2. The largest absolute Gasteiger partial charge is 0.466 e. The number of aromatic nitrogens is 3. The number of anilines is 2. The molecule has 2 aromatic carbocycles. The highest BCUT2D eigenvalue weighted by molar-refractivity contribution is 5.93. The van der Waals surface area contributed by atoms with Gasteiger partial charge >= 0.3 is 23.8 Å². The lowest BCUT2D eigenvalue weighted by Gasteiger charge is -2.35. The SMILES string of the molecule is COC(=O)C1=C(C)N(c2cccc(C(F)(F)F)c2)c2nn(CCCNCC(=O)OC(C)(C)C)c(=O)n2C1c1ccc(C#N)cc1. The Morgan fingerprint density at radius 1 is 1.11 bits per heavy atom. The van der Waals surface area contributed by atoms with Gasteiger partial charge in [-0.3, -0.25) is 9.69 Å². The van der Waals surface area contributed by atoms with Gasteiger partial charge in [0.05, 0.1) is 36.4 Å². The number of halogens is 3. The highest BCUT2D eigenvalue weighted by atomic mass is 19.4. The maximum absolute atomic E-state index is 14.0. The summed E-state index contributed by atoms with van der Waals surface area (Å²) >= 11 is 0. The van der Waals surface area contributed by atoms with Crippen LogP contribution in [-0.2, 0) is 31.8 Å². The average molecular weight is 627 g/mol. The summed E-state index contributed by atoms with van der Waals surface area (Å²) in [6, 6.07) is 11.7. The lowest BCUT2D eigenvalue weighted by Crippen LogP contribution is -2.38. The van der Waals surface area contributed by atoms with Crippen LogP contribution in [0.4, 0.5) is 24.8 Å². The number of esters is 2. The molecule has 0 saturated carbocycles. The van der Waals surface area contributed by atoms with Gasteiger partial charge in [0.15, 0.2) is 0 Å². The summed E-state index contributed by atoms with van der Waals surface area (Å²) in [7, 11) is 1.17. The van der Waals surface area contributed by atoms with Crippen molar-refractivity contribution in [1.29, 1.82) is 5.26 Å². The summed E-state index contributed by atoms with van der Waals surface area (Å²) in [4.78, 5) is 40.5. The molecule has 1 atom stereocenters. The van der Waals surface area contributed by atoms with Crippen molar-refractivity contribution in [3.8, 4) is 6.07 Å². The molecule has 1 unspecified atom stereocenters. The third-order valence-corrected chi connectivity index (χ3v) is 6.91. The van der Waals surface area contributed by atoms with E-state index in [-0.39, 0.29) is 36.0 Å². The smallest absolute Gasteiger partial charge is 0.416 e. The minimum atomic E-state index is -4.65. The van der Waals surface area contributed by atoms with Crippen LogP contribution in [-0.4, -0.2) is 52.1 Å². The minimum absolute atomic E-state index is 0.00722. The van der Waals surface area contributed by atoms with Gasteiger partial charge in [-0.2, -0.15) is 18.4 Å². The molecule has 11 nitrogen and oxygen atoms in total. The Morgan fingerprint density at radius 2 is 1.80 bits per heavy atom. The molecule has 0 amide bonds. The first-order valence-electron chi connectivity index (χ1n) is 14.0. The van der Waals surface area contributed by atoms with E-state index in [0.29, 0.717) is 24.1 Å². The van der Waals surface area contributed by atoms with E-state index in [9.17, 15) is 32.8 Å². The number of carbonyl (C=O) groups excluding carboxylic acids is 2. The summed E-state index contributed by atoms with van der Waals surface area (Å²) in [6.07, 6.45) is -4.29. The van der Waals surface area contributed by atoms with Gasteiger partial charge in [0, 0.05) is 17.9 Å². The number of alkyl halides is 3. The molecule has 1 N–H and O–H groups in total. The maximum Gasteiger partial charge on any atom is 0.416 e. The van der Waals surface area contributed by atoms with Crippen molar-refractivity contribution in [2.75, 3.05) is 25.1 Å². The highest BCUT2D eigenvalue weighted by Crippen LogP contribution is 2.43. The Labute approximate surface area is 257 Å². The molecule has 1 aliphatic heterocycles. The Balaban J connectivity index is 1.79. The van der Waals surface area contributed by atoms with Gasteiger partial charge in [-0.1, -0.05) is 18.2 Å². The van der Waals surface area contributed by atoms with E-state index in [1.807, 2.05) is 6.07 Å². The number of carbonyl (C=O) groups is 2. The second-order valence-corrected chi connectivity index (χ2v) is 11.3. The second-order valence-electron chi connectivity index (χ2n) is 11.3. The van der Waals surface area contributed by atoms with E-state index in [2.05, 4.69) is 10.4 Å². The summed E-state index contributed by atoms with van der Waals surface area (Å²) in [5.74, 6) is -1.24. The molecule has 4 rings (SSSR count). The van der Waals surface area contributed by atoms with E-state index in [1.54, 1.807) is 32.9 Å². The Kier molecular flexibility index (Phi) is 9.53. The van der Waals surface area contributed by atoms with Crippen molar-refractivity contribution in [3.05, 3.63) is 87.0 Å². The topological polar surface area (TPSA) is 131 Å². The van der Waals surface area contributed by atoms with E-state index in [0.717, 1.165) is 16.8 Å². The number of hydrogen-bond acceptors (Lipinski definition) is 9. The average Bonchev–Trinajstić information content (AvgIpc) is 3.29. The van der Waals surface area contributed by atoms with Gasteiger partial charge in [-0.25, -0.2) is 18.8 Å². The zero-order valence-corrected chi connectivity index (χ0v) is 25.4. The van der Waals surface area contributed by atoms with Crippen LogP contribution in [0.5, 0.6) is 0 Å². The van der Waals surface area contributed by atoms with Crippen molar-refractivity contribution < 1.29 is 32.2 Å². The number of rotatable bonds is 9. The molecule has 2 heterocycles. The number of ether oxygens (including phenoxy) is 2. The van der Waals surface area contributed by atoms with Crippen molar-refractivity contribution in [2.24, 2.45) is 0 Å². The molecule has 0 bridgehead atoms. The number of allylic oxidation sites excluding steroid dienone is 1. The summed E-state index contributed by atoms with van der Waals surface area (Å²) < 4.78 is 53.8. The van der Waals surface area contributed by atoms with Crippen molar-refractivity contribution >= 4 is 23.6 Å². The number of nitrogens with zero attached hydrogens (tertiary/aromatic N) is 5. The lowest BCUT2D eigenvalue weighted by molar-refractivity contribution is -0.153. The maximum atomic E-state index is 14.0. The molecule has 0 fully saturated rings. The third-order valence-electron chi connectivity index (χ3n) is 6.91. The second kappa shape index (κ2) is 13.0. The first-order valence-corrected chi connectivity index (χ1v) is 14.0. The van der Waals surface area contributed by atoms with Crippen LogP contribution in [0.2, 0.25) is 0 Å². The van der Waals surface area contributed by atoms with Crippen molar-refractivity contribution in [3.63, 3.8) is 0 Å². The Morgan fingerprint density at radius 3 is 2.40 bits per heavy atom. The Bertz CT molecular complexity index is 1710. The van der Waals surface area contributed by atoms with Crippen LogP contribution < -0.4 is 15.9 Å². The molecule has 3 aromatic rings. The van der Waals surface area contributed by atoms with Crippen molar-refractivity contribution in [2.45, 2.75) is 58.5 Å². The number of fused-ring (bicyclic) bond motifs is 1. The summed E-state index contributed by atoms with van der Waals surface area (Å²) in [5, 5.41) is 16.8. The predicted octanol–water partition coefficient (Wildman–Crippen LogP) is 4.44. The van der Waals surface area contributed by atoms with E-state index >= 15 is 0 Å². The van der Waals surface area contributed by atoms with Gasteiger partial charge in [0.25, 0.3) is 0 Å². The molecule has 0 spiro atoms. The molecule has 0 saturated heterocycles. The number of nitrogens with one attached hydrogen (secondary N) is 1. The minimum Gasteiger partial charge on any atom is -0.466 e. The molecule has 0 radical (unpaired) electrons. The summed E-state index contributed by atoms with van der Waals surface area (Å²) in [5.41, 5.74) is -1.13. The number of hydrogen-bond donors (Lipinski definition) is 1. The van der Waals surface area contributed by atoms with Crippen LogP contribution >= 0.6 is 0 Å². The van der Waals surface area contributed by atoms with Gasteiger partial charge < -0.3 is 14.8 Å². The molecule has 14 heteroatoms. The lowest BCUT2D eigenvalue weighted by atomic mass is 9.93. The fourth-order valence-electron chi connectivity index (χ4n) is 5.01. The highest BCUT2D eigenvalue weighted by Gasteiger charge is 2.41. The standard InChI is InChI=1S/C31H33F3N6O5/c1-19-25(27(42)44-5)26(21-12-10-20(17-35)11-13-21)40-28(39(19)23-9-6-8-22(16-23)31(32,33)34)37-38(29(40)43)15-7-14-36-18-24(41)45-30(2,3)4/h6,8-13,16,26,36H,7,14-15,18H2,1-5H3. The van der Waals surface area contributed by atoms with Crippen LogP contribution in [0.15, 0.2) is 64.6 Å². The summed E-state index contributed by atoms with van der Waals surface area (Å²) in [6.45, 7) is 7.19. The van der Waals surface area contributed by atoms with Gasteiger partial charge in [-0.05, 0) is 76.6 Å². The zero-order chi connectivity index (χ0) is 33.1. The van der Waals surface area contributed by atoms with E-state index < -0.39 is 41.0 Å². The quantitative estimate of drug-likeness (QED) is 0.270. The zero-order valence-electron chi connectivity index (χ0n) is 25.4. The van der Waals surface area contributed by atoms with E-state index in [1.165, 1.54) is 47.8 Å². The van der Waals surface area contributed by atoms with Gasteiger partial charge in [0.1, 0.15) is 11.6 Å². The molecule has 1 aromatic heterocycles. The molecular weight excluding hydrogens is 593 g/mol. The molecule has 45 heavy (non-hydrogen) atoms. The van der Waals surface area contributed by atoms with Crippen LogP contribution in [0.25, 0.3) is 0 Å². The fraction of sp³-hybridized carbons (Fsp3) is 0.387. The molecular formula is C31H33F3N6O5. The first-order chi connectivity index (χ1) is 21.2. The Hall–Kier alpha value is -4.90. The van der Waals surface area contributed by atoms with Gasteiger partial charge in [-0.15, -0.1) is 5.10 Å².